The molecule has 0 radical (unpaired) electrons. The third-order valence-corrected chi connectivity index (χ3v) is 3.93. The Morgan fingerprint density at radius 3 is 3.12 bits per heavy atom. The highest BCUT2D eigenvalue weighted by atomic mass is 35.5. The van der Waals surface area contributed by atoms with E-state index in [4.69, 9.17) is 16.0 Å². The zero-order chi connectivity index (χ0) is 11.8. The Bertz CT molecular complexity index is 432. The van der Waals surface area contributed by atoms with E-state index in [0.717, 1.165) is 26.1 Å². The zero-order valence-corrected chi connectivity index (χ0v) is 10.2. The monoisotopic (exact) mass is 254 g/mol. The molecule has 2 aliphatic heterocycles. The second kappa shape index (κ2) is 4.35. The second-order valence-electron chi connectivity index (χ2n) is 4.73. The van der Waals surface area contributed by atoms with Crippen LogP contribution in [0.5, 0.6) is 0 Å². The number of likely N-dealkylation sites (tertiary alicyclic amines) is 1. The molecule has 1 aromatic rings. The predicted molar refractivity (Wildman–Crippen MR) is 64.1 cm³/mol. The van der Waals surface area contributed by atoms with Gasteiger partial charge in [-0.25, -0.2) is 0 Å². The van der Waals surface area contributed by atoms with E-state index in [1.54, 1.807) is 12.1 Å². The van der Waals surface area contributed by atoms with Gasteiger partial charge in [-0.2, -0.15) is 0 Å². The van der Waals surface area contributed by atoms with Gasteiger partial charge in [-0.1, -0.05) is 0 Å². The number of piperidine rings is 1. The van der Waals surface area contributed by atoms with Crippen molar-refractivity contribution < 1.29 is 9.21 Å². The molecule has 17 heavy (non-hydrogen) atoms. The number of furan rings is 1. The number of hydrogen-bond donors (Lipinski definition) is 1. The minimum absolute atomic E-state index is 0.0321. The van der Waals surface area contributed by atoms with Crippen molar-refractivity contribution >= 4 is 17.5 Å². The van der Waals surface area contributed by atoms with E-state index in [2.05, 4.69) is 5.32 Å². The van der Waals surface area contributed by atoms with E-state index < -0.39 is 0 Å². The number of nitrogens with one attached hydrogen (secondary N) is 1. The first-order chi connectivity index (χ1) is 8.25. The van der Waals surface area contributed by atoms with Gasteiger partial charge in [-0.3, -0.25) is 4.79 Å². The maximum atomic E-state index is 12.3. The Morgan fingerprint density at radius 1 is 1.47 bits per heavy atom. The van der Waals surface area contributed by atoms with Crippen molar-refractivity contribution in [1.82, 2.24) is 10.2 Å². The molecule has 1 N–H and O–H groups in total. The number of carbonyl (C=O) groups is 1. The number of fused-ring (bicyclic) bond motifs is 1. The molecule has 0 spiro atoms. The molecule has 2 unspecified atom stereocenters. The van der Waals surface area contributed by atoms with Gasteiger partial charge in [0.25, 0.3) is 5.91 Å². The number of rotatable bonds is 1. The summed E-state index contributed by atoms with van der Waals surface area (Å²) in [4.78, 5) is 14.2. The molecule has 92 valence electrons. The third kappa shape index (κ3) is 1.96. The Labute approximate surface area is 105 Å². The number of halogens is 1. The lowest BCUT2D eigenvalue weighted by Gasteiger charge is -2.36. The highest BCUT2D eigenvalue weighted by Gasteiger charge is 2.38. The molecule has 2 atom stereocenters. The van der Waals surface area contributed by atoms with Gasteiger partial charge in [0.15, 0.2) is 11.0 Å². The standard InChI is InChI=1S/C12H15ClN2O2/c13-11-4-3-10(17-11)12(16)15-5-1-2-8-6-14-7-9(8)15/h3-4,8-9,14H,1-2,5-7H2. The van der Waals surface area contributed by atoms with Crippen LogP contribution in [0.1, 0.15) is 23.4 Å². The molecule has 0 aromatic carbocycles. The Hall–Kier alpha value is -1.00. The van der Waals surface area contributed by atoms with Crippen LogP contribution in [0.25, 0.3) is 0 Å². The molecule has 2 aliphatic rings. The van der Waals surface area contributed by atoms with E-state index in [9.17, 15) is 4.79 Å². The van der Waals surface area contributed by atoms with Crippen LogP contribution in [0.3, 0.4) is 0 Å². The van der Waals surface area contributed by atoms with Crippen molar-refractivity contribution in [2.45, 2.75) is 18.9 Å². The number of amides is 1. The van der Waals surface area contributed by atoms with Gasteiger partial charge in [-0.15, -0.1) is 0 Å². The van der Waals surface area contributed by atoms with Gasteiger partial charge >= 0.3 is 0 Å². The summed E-state index contributed by atoms with van der Waals surface area (Å²) in [6.07, 6.45) is 2.28. The molecule has 2 fully saturated rings. The van der Waals surface area contributed by atoms with Gasteiger partial charge in [-0.05, 0) is 42.5 Å². The Balaban J connectivity index is 1.81. The van der Waals surface area contributed by atoms with E-state index in [1.165, 1.54) is 6.42 Å². The van der Waals surface area contributed by atoms with Crippen molar-refractivity contribution in [1.29, 1.82) is 0 Å². The van der Waals surface area contributed by atoms with Gasteiger partial charge in [0, 0.05) is 25.7 Å². The summed E-state index contributed by atoms with van der Waals surface area (Å²) in [7, 11) is 0. The summed E-state index contributed by atoms with van der Waals surface area (Å²) in [5.74, 6) is 0.913. The maximum Gasteiger partial charge on any atom is 0.289 e. The largest absolute Gasteiger partial charge is 0.440 e. The van der Waals surface area contributed by atoms with Crippen LogP contribution in [-0.2, 0) is 0 Å². The highest BCUT2D eigenvalue weighted by molar-refractivity contribution is 6.29. The van der Waals surface area contributed by atoms with E-state index in [1.807, 2.05) is 4.90 Å². The SMILES string of the molecule is O=C(c1ccc(Cl)o1)N1CCCC2CNCC21. The average molecular weight is 255 g/mol. The predicted octanol–water partition coefficient (Wildman–Crippen LogP) is 1.76. The van der Waals surface area contributed by atoms with Crippen LogP contribution in [-0.4, -0.2) is 36.5 Å². The summed E-state index contributed by atoms with van der Waals surface area (Å²) in [6.45, 7) is 2.73. The minimum atomic E-state index is -0.0321. The van der Waals surface area contributed by atoms with Crippen molar-refractivity contribution in [3.63, 3.8) is 0 Å². The molecule has 1 aromatic heterocycles. The van der Waals surface area contributed by atoms with E-state index >= 15 is 0 Å². The van der Waals surface area contributed by atoms with Gasteiger partial charge < -0.3 is 14.6 Å². The topological polar surface area (TPSA) is 45.5 Å². The fourth-order valence-corrected chi connectivity index (χ4v) is 3.04. The van der Waals surface area contributed by atoms with E-state index in [0.29, 0.717) is 17.7 Å². The first-order valence-electron chi connectivity index (χ1n) is 6.03. The lowest BCUT2D eigenvalue weighted by molar-refractivity contribution is 0.0543. The molecule has 4 nitrogen and oxygen atoms in total. The minimum Gasteiger partial charge on any atom is -0.440 e. The number of nitrogens with zero attached hydrogens (tertiary/aromatic N) is 1. The van der Waals surface area contributed by atoms with Crippen LogP contribution in [0.2, 0.25) is 5.22 Å². The van der Waals surface area contributed by atoms with Crippen molar-refractivity contribution in [2.24, 2.45) is 5.92 Å². The van der Waals surface area contributed by atoms with Crippen LogP contribution >= 0.6 is 11.6 Å². The molecular formula is C12H15ClN2O2. The normalized spacial score (nSPS) is 28.2. The fourth-order valence-electron chi connectivity index (χ4n) is 2.89. The molecule has 3 heterocycles. The van der Waals surface area contributed by atoms with Crippen molar-refractivity contribution in [2.75, 3.05) is 19.6 Å². The van der Waals surface area contributed by atoms with Crippen LogP contribution in [0, 0.1) is 5.92 Å². The van der Waals surface area contributed by atoms with E-state index in [-0.39, 0.29) is 11.1 Å². The zero-order valence-electron chi connectivity index (χ0n) is 9.49. The van der Waals surface area contributed by atoms with Gasteiger partial charge in [0.2, 0.25) is 0 Å². The number of carbonyl (C=O) groups excluding carboxylic acids is 1. The maximum absolute atomic E-state index is 12.3. The lowest BCUT2D eigenvalue weighted by Crippen LogP contribution is -2.48. The molecule has 0 bridgehead atoms. The van der Waals surface area contributed by atoms with Gasteiger partial charge in [0.1, 0.15) is 0 Å². The summed E-state index contributed by atoms with van der Waals surface area (Å²) < 4.78 is 5.20. The Kier molecular flexibility index (Phi) is 2.84. The molecule has 0 saturated carbocycles. The van der Waals surface area contributed by atoms with Crippen molar-refractivity contribution in [3.8, 4) is 0 Å². The quantitative estimate of drug-likeness (QED) is 0.831. The van der Waals surface area contributed by atoms with Crippen molar-refractivity contribution in [3.05, 3.63) is 23.1 Å². The lowest BCUT2D eigenvalue weighted by atomic mass is 9.92. The average Bonchev–Trinajstić information content (AvgIpc) is 2.95. The molecule has 3 rings (SSSR count). The fraction of sp³-hybridized carbons (Fsp3) is 0.583. The summed E-state index contributed by atoms with van der Waals surface area (Å²) in [5.41, 5.74) is 0. The second-order valence-corrected chi connectivity index (χ2v) is 5.10. The first kappa shape index (κ1) is 11.1. The summed E-state index contributed by atoms with van der Waals surface area (Å²) >= 11 is 5.70. The molecular weight excluding hydrogens is 240 g/mol. The van der Waals surface area contributed by atoms with Crippen LogP contribution in [0.4, 0.5) is 0 Å². The smallest absolute Gasteiger partial charge is 0.289 e. The van der Waals surface area contributed by atoms with Crippen LogP contribution in [0.15, 0.2) is 16.5 Å². The Morgan fingerprint density at radius 2 is 2.35 bits per heavy atom. The highest BCUT2D eigenvalue weighted by Crippen LogP contribution is 2.28. The summed E-state index contributed by atoms with van der Waals surface area (Å²) in [5, 5.41) is 3.63. The molecule has 0 aliphatic carbocycles. The third-order valence-electron chi connectivity index (χ3n) is 3.72. The first-order valence-corrected chi connectivity index (χ1v) is 6.40. The molecule has 1 amide bonds. The number of hydrogen-bond acceptors (Lipinski definition) is 3. The summed E-state index contributed by atoms with van der Waals surface area (Å²) in [6, 6.07) is 3.58. The molecule has 5 heteroatoms. The van der Waals surface area contributed by atoms with Gasteiger partial charge in [0.05, 0.1) is 0 Å². The van der Waals surface area contributed by atoms with Crippen LogP contribution < -0.4 is 5.32 Å². The molecule has 2 saturated heterocycles.